The van der Waals surface area contributed by atoms with Crippen LogP contribution in [0.5, 0.6) is 0 Å². The van der Waals surface area contributed by atoms with Crippen molar-refractivity contribution in [3.63, 3.8) is 0 Å². The van der Waals surface area contributed by atoms with Gasteiger partial charge in [0.15, 0.2) is 0 Å². The first-order chi connectivity index (χ1) is 9.67. The average Bonchev–Trinajstić information content (AvgIpc) is 2.38. The fourth-order valence-electron chi connectivity index (χ4n) is 2.92. The van der Waals surface area contributed by atoms with E-state index in [9.17, 15) is 0 Å². The van der Waals surface area contributed by atoms with E-state index in [0.29, 0.717) is 0 Å². The Kier molecular flexibility index (Phi) is 6.40. The summed E-state index contributed by atoms with van der Waals surface area (Å²) in [7, 11) is 0. The molecule has 2 unspecified atom stereocenters. The molecule has 0 radical (unpaired) electrons. The van der Waals surface area contributed by atoms with Gasteiger partial charge in [-0.15, -0.1) is 0 Å². The summed E-state index contributed by atoms with van der Waals surface area (Å²) >= 11 is 2.12. The minimum absolute atomic E-state index is 0.758. The van der Waals surface area contributed by atoms with E-state index in [0.717, 1.165) is 30.1 Å². The summed E-state index contributed by atoms with van der Waals surface area (Å²) < 4.78 is 0. The van der Waals surface area contributed by atoms with Gasteiger partial charge >= 0.3 is 0 Å². The molecule has 2 nitrogen and oxygen atoms in total. The van der Waals surface area contributed by atoms with Gasteiger partial charge in [0, 0.05) is 36.7 Å². The smallest absolute Gasteiger partial charge is 0.0234 e. The molecule has 1 aliphatic rings. The Morgan fingerprint density at radius 3 is 2.60 bits per heavy atom. The second kappa shape index (κ2) is 8.06. The van der Waals surface area contributed by atoms with Crippen LogP contribution in [0.3, 0.4) is 0 Å². The molecule has 1 heterocycles. The van der Waals surface area contributed by atoms with Gasteiger partial charge in [0.05, 0.1) is 0 Å². The predicted octanol–water partition coefficient (Wildman–Crippen LogP) is 3.51. The highest BCUT2D eigenvalue weighted by Gasteiger charge is 2.21. The molecule has 20 heavy (non-hydrogen) atoms. The minimum atomic E-state index is 0.758. The fourth-order valence-corrected chi connectivity index (χ4v) is 4.31. The third kappa shape index (κ3) is 5.12. The maximum Gasteiger partial charge on any atom is 0.0234 e. The van der Waals surface area contributed by atoms with Gasteiger partial charge in [-0.3, -0.25) is 4.90 Å². The lowest BCUT2D eigenvalue weighted by Gasteiger charge is -2.34. The molecule has 2 rings (SSSR count). The Labute approximate surface area is 128 Å². The van der Waals surface area contributed by atoms with Crippen LogP contribution in [0, 0.1) is 0 Å². The second-order valence-corrected chi connectivity index (χ2v) is 7.83. The normalized spacial score (nSPS) is 23.9. The van der Waals surface area contributed by atoms with Crippen molar-refractivity contribution in [2.75, 3.05) is 19.6 Å². The van der Waals surface area contributed by atoms with Crippen molar-refractivity contribution in [1.82, 2.24) is 10.2 Å². The molecule has 0 bridgehead atoms. The van der Waals surface area contributed by atoms with E-state index in [-0.39, 0.29) is 0 Å². The number of hydrogen-bond acceptors (Lipinski definition) is 3. The van der Waals surface area contributed by atoms with Gasteiger partial charge in [-0.25, -0.2) is 0 Å². The number of nitrogens with zero attached hydrogens (tertiary/aromatic N) is 1. The zero-order chi connectivity index (χ0) is 14.4. The van der Waals surface area contributed by atoms with Crippen LogP contribution in [-0.4, -0.2) is 35.0 Å². The molecule has 1 aliphatic heterocycles. The van der Waals surface area contributed by atoms with Crippen LogP contribution in [0.2, 0.25) is 0 Å². The number of thioether (sulfide) groups is 1. The van der Waals surface area contributed by atoms with Gasteiger partial charge in [0.2, 0.25) is 0 Å². The molecule has 0 saturated carbocycles. The Hall–Kier alpha value is -0.510. The van der Waals surface area contributed by atoms with E-state index in [1.807, 2.05) is 0 Å². The van der Waals surface area contributed by atoms with E-state index in [2.05, 4.69) is 67.0 Å². The van der Waals surface area contributed by atoms with E-state index < -0.39 is 0 Å². The van der Waals surface area contributed by atoms with Crippen molar-refractivity contribution >= 4 is 11.8 Å². The van der Waals surface area contributed by atoms with Gasteiger partial charge in [-0.05, 0) is 24.1 Å². The summed E-state index contributed by atoms with van der Waals surface area (Å²) in [5.74, 6) is 0. The van der Waals surface area contributed by atoms with Crippen molar-refractivity contribution in [3.8, 4) is 0 Å². The van der Waals surface area contributed by atoms with Crippen LogP contribution in [-0.2, 0) is 13.1 Å². The molecule has 2 atom stereocenters. The monoisotopic (exact) mass is 292 g/mol. The third-order valence-corrected chi connectivity index (χ3v) is 4.88. The quantitative estimate of drug-likeness (QED) is 0.808. The molecule has 1 saturated heterocycles. The molecule has 0 aromatic heterocycles. The molecule has 3 heteroatoms. The number of hydrogen-bond donors (Lipinski definition) is 1. The van der Waals surface area contributed by atoms with Crippen molar-refractivity contribution in [3.05, 3.63) is 35.4 Å². The van der Waals surface area contributed by atoms with Gasteiger partial charge in [-0.1, -0.05) is 45.0 Å². The lowest BCUT2D eigenvalue weighted by molar-refractivity contribution is 0.263. The van der Waals surface area contributed by atoms with Crippen LogP contribution in [0.15, 0.2) is 24.3 Å². The second-order valence-electron chi connectivity index (χ2n) is 5.95. The van der Waals surface area contributed by atoms with E-state index in [4.69, 9.17) is 0 Å². The van der Waals surface area contributed by atoms with Gasteiger partial charge < -0.3 is 5.32 Å². The Bertz CT molecular complexity index is 398. The summed E-state index contributed by atoms with van der Waals surface area (Å²) in [5, 5.41) is 4.99. The lowest BCUT2D eigenvalue weighted by Crippen LogP contribution is -2.39. The Morgan fingerprint density at radius 2 is 1.90 bits per heavy atom. The van der Waals surface area contributed by atoms with E-state index in [1.54, 1.807) is 0 Å². The molecule has 112 valence electrons. The van der Waals surface area contributed by atoms with Crippen LogP contribution >= 0.6 is 11.8 Å². The van der Waals surface area contributed by atoms with Gasteiger partial charge in [-0.2, -0.15) is 11.8 Å². The van der Waals surface area contributed by atoms with Crippen molar-refractivity contribution in [2.45, 2.75) is 50.8 Å². The standard InChI is InChI=1S/C17H28N2S/c1-4-8-18-10-16-6-5-7-17(9-16)13-19-11-14(2)20-15(3)12-19/h5-7,9,14-15,18H,4,8,10-13H2,1-3H3. The minimum Gasteiger partial charge on any atom is -0.313 e. The molecule has 1 fully saturated rings. The summed E-state index contributed by atoms with van der Waals surface area (Å²) in [4.78, 5) is 2.60. The van der Waals surface area contributed by atoms with Crippen molar-refractivity contribution < 1.29 is 0 Å². The molecule has 0 spiro atoms. The maximum absolute atomic E-state index is 3.48. The highest BCUT2D eigenvalue weighted by molar-refractivity contribution is 8.00. The van der Waals surface area contributed by atoms with Crippen molar-refractivity contribution in [2.24, 2.45) is 0 Å². The highest BCUT2D eigenvalue weighted by atomic mass is 32.2. The first-order valence-electron chi connectivity index (χ1n) is 7.83. The van der Waals surface area contributed by atoms with Gasteiger partial charge in [0.1, 0.15) is 0 Å². The molecule has 0 amide bonds. The van der Waals surface area contributed by atoms with Crippen LogP contribution < -0.4 is 5.32 Å². The fraction of sp³-hybridized carbons (Fsp3) is 0.647. The summed E-state index contributed by atoms with van der Waals surface area (Å²) in [6.45, 7) is 12.5. The first kappa shape index (κ1) is 15.9. The zero-order valence-electron chi connectivity index (χ0n) is 13.1. The average molecular weight is 292 g/mol. The van der Waals surface area contributed by atoms with E-state index in [1.165, 1.54) is 30.6 Å². The number of benzene rings is 1. The lowest BCUT2D eigenvalue weighted by atomic mass is 10.1. The Morgan fingerprint density at radius 1 is 1.20 bits per heavy atom. The van der Waals surface area contributed by atoms with Crippen LogP contribution in [0.4, 0.5) is 0 Å². The predicted molar refractivity (Wildman–Crippen MR) is 90.2 cm³/mol. The SMILES string of the molecule is CCCNCc1cccc(CN2CC(C)SC(C)C2)c1. The topological polar surface area (TPSA) is 15.3 Å². The maximum atomic E-state index is 3.48. The largest absolute Gasteiger partial charge is 0.313 e. The highest BCUT2D eigenvalue weighted by Crippen LogP contribution is 2.25. The third-order valence-electron chi connectivity index (χ3n) is 3.65. The van der Waals surface area contributed by atoms with Crippen molar-refractivity contribution in [1.29, 1.82) is 0 Å². The number of nitrogens with one attached hydrogen (secondary N) is 1. The summed E-state index contributed by atoms with van der Waals surface area (Å²) in [5.41, 5.74) is 2.86. The van der Waals surface area contributed by atoms with Crippen LogP contribution in [0.1, 0.15) is 38.3 Å². The van der Waals surface area contributed by atoms with Gasteiger partial charge in [0.25, 0.3) is 0 Å². The molecular weight excluding hydrogens is 264 g/mol. The molecule has 1 aromatic rings. The Balaban J connectivity index is 1.90. The molecule has 0 aliphatic carbocycles. The summed E-state index contributed by atoms with van der Waals surface area (Å²) in [6, 6.07) is 9.05. The van der Waals surface area contributed by atoms with Crippen LogP contribution in [0.25, 0.3) is 0 Å². The molecular formula is C17H28N2S. The molecule has 1 N–H and O–H groups in total. The molecule has 1 aromatic carbocycles. The first-order valence-corrected chi connectivity index (χ1v) is 8.78. The zero-order valence-corrected chi connectivity index (χ0v) is 13.9. The van der Waals surface area contributed by atoms with E-state index >= 15 is 0 Å². The number of rotatable bonds is 6. The summed E-state index contributed by atoms with van der Waals surface area (Å²) in [6.07, 6.45) is 1.20.